The second-order valence-electron chi connectivity index (χ2n) is 9.94. The number of nitrogens with zero attached hydrogens (tertiary/aromatic N) is 2. The van der Waals surface area contributed by atoms with Crippen molar-refractivity contribution >= 4 is 50.7 Å². The van der Waals surface area contributed by atoms with Crippen LogP contribution in [-0.4, -0.2) is 50.0 Å². The Labute approximate surface area is 240 Å². The van der Waals surface area contributed by atoms with E-state index >= 15 is 0 Å². The first-order valence-corrected chi connectivity index (χ1v) is 15.9. The molecule has 11 heteroatoms. The van der Waals surface area contributed by atoms with Gasteiger partial charge in [-0.1, -0.05) is 55.5 Å². The number of halogens is 3. The Hall–Kier alpha value is -2.36. The molecule has 1 atom stereocenters. The second-order valence-corrected chi connectivity index (χ2v) is 12.7. The van der Waals surface area contributed by atoms with Crippen molar-refractivity contribution in [1.82, 2.24) is 10.2 Å². The molecule has 1 fully saturated rings. The number of nitrogens with one attached hydrogen (secondary N) is 1. The second kappa shape index (κ2) is 14.3. The van der Waals surface area contributed by atoms with Gasteiger partial charge in [-0.05, 0) is 67.6 Å². The Balaban J connectivity index is 1.78. The molecular formula is C28H36Cl2FN3O4S. The fourth-order valence-corrected chi connectivity index (χ4v) is 6.34. The number of amides is 2. The minimum absolute atomic E-state index is 0.00559. The van der Waals surface area contributed by atoms with Gasteiger partial charge in [0.1, 0.15) is 11.9 Å². The lowest BCUT2D eigenvalue weighted by atomic mass is 9.95. The molecular weight excluding hydrogens is 564 g/mol. The molecule has 7 nitrogen and oxygen atoms in total. The molecule has 2 aromatic carbocycles. The quantitative estimate of drug-likeness (QED) is 0.327. The first kappa shape index (κ1) is 31.2. The van der Waals surface area contributed by atoms with Gasteiger partial charge in [-0.3, -0.25) is 13.9 Å². The van der Waals surface area contributed by atoms with Crippen molar-refractivity contribution in [3.63, 3.8) is 0 Å². The molecule has 0 unspecified atom stereocenters. The third-order valence-corrected chi connectivity index (χ3v) is 8.74. The molecule has 1 aliphatic rings. The monoisotopic (exact) mass is 599 g/mol. The fraction of sp³-hybridized carbons (Fsp3) is 0.500. The van der Waals surface area contributed by atoms with Crippen molar-refractivity contribution in [2.75, 3.05) is 17.1 Å². The largest absolute Gasteiger partial charge is 0.352 e. The first-order chi connectivity index (χ1) is 18.5. The summed E-state index contributed by atoms with van der Waals surface area (Å²) in [6.45, 7) is 1.99. The molecule has 2 aromatic rings. The number of sulfonamides is 1. The molecule has 1 saturated carbocycles. The molecule has 0 spiro atoms. The van der Waals surface area contributed by atoms with Gasteiger partial charge in [0.2, 0.25) is 21.8 Å². The highest BCUT2D eigenvalue weighted by molar-refractivity contribution is 7.92. The van der Waals surface area contributed by atoms with Crippen molar-refractivity contribution in [1.29, 1.82) is 0 Å². The van der Waals surface area contributed by atoms with Crippen LogP contribution < -0.4 is 9.62 Å². The molecule has 0 saturated heterocycles. The molecule has 214 valence electrons. The first-order valence-electron chi connectivity index (χ1n) is 13.3. The normalized spacial score (nSPS) is 15.0. The Bertz CT molecular complexity index is 1240. The van der Waals surface area contributed by atoms with Gasteiger partial charge in [0, 0.05) is 35.6 Å². The van der Waals surface area contributed by atoms with Gasteiger partial charge in [0.25, 0.3) is 0 Å². The van der Waals surface area contributed by atoms with E-state index in [-0.39, 0.29) is 43.8 Å². The summed E-state index contributed by atoms with van der Waals surface area (Å²) in [7, 11) is -3.67. The van der Waals surface area contributed by atoms with Gasteiger partial charge in [-0.2, -0.15) is 0 Å². The maximum Gasteiger partial charge on any atom is 0.243 e. The van der Waals surface area contributed by atoms with Crippen molar-refractivity contribution in [3.05, 3.63) is 63.9 Å². The van der Waals surface area contributed by atoms with Crippen LogP contribution in [0.5, 0.6) is 0 Å². The van der Waals surface area contributed by atoms with Crippen molar-refractivity contribution in [2.24, 2.45) is 0 Å². The number of hydrogen-bond donors (Lipinski definition) is 1. The van der Waals surface area contributed by atoms with Crippen LogP contribution >= 0.6 is 23.2 Å². The maximum atomic E-state index is 13.6. The highest BCUT2D eigenvalue weighted by Gasteiger charge is 2.31. The average Bonchev–Trinajstić information content (AvgIpc) is 2.88. The molecule has 0 heterocycles. The molecule has 3 rings (SSSR count). The van der Waals surface area contributed by atoms with Gasteiger partial charge >= 0.3 is 0 Å². The molecule has 0 aliphatic heterocycles. The molecule has 0 bridgehead atoms. The smallest absolute Gasteiger partial charge is 0.243 e. The predicted octanol–water partition coefficient (Wildman–Crippen LogP) is 5.94. The summed E-state index contributed by atoms with van der Waals surface area (Å²) in [6, 6.07) is 9.53. The van der Waals surface area contributed by atoms with Crippen molar-refractivity contribution in [3.8, 4) is 0 Å². The summed E-state index contributed by atoms with van der Waals surface area (Å²) in [4.78, 5) is 28.5. The number of carbonyl (C=O) groups is 2. The highest BCUT2D eigenvalue weighted by Crippen LogP contribution is 2.25. The number of rotatable bonds is 12. The van der Waals surface area contributed by atoms with E-state index in [1.54, 1.807) is 18.2 Å². The molecule has 1 N–H and O–H groups in total. The number of benzene rings is 2. The SMILES string of the molecule is CC[C@H](C(=O)NC1CCCCC1)N(Cc1ccc(Cl)cc1Cl)C(=O)CCCN(c1ccc(F)cc1)S(C)(=O)=O. The van der Waals surface area contributed by atoms with E-state index in [0.29, 0.717) is 27.7 Å². The summed E-state index contributed by atoms with van der Waals surface area (Å²) in [5, 5.41) is 3.98. The summed E-state index contributed by atoms with van der Waals surface area (Å²) in [5.74, 6) is -0.970. The summed E-state index contributed by atoms with van der Waals surface area (Å²) >= 11 is 12.5. The third kappa shape index (κ3) is 9.08. The average molecular weight is 601 g/mol. The zero-order valence-corrected chi connectivity index (χ0v) is 24.7. The lowest BCUT2D eigenvalue weighted by Gasteiger charge is -2.33. The fourth-order valence-electron chi connectivity index (χ4n) is 4.91. The van der Waals surface area contributed by atoms with Gasteiger partial charge in [-0.15, -0.1) is 0 Å². The summed E-state index contributed by atoms with van der Waals surface area (Å²) in [5.41, 5.74) is 0.969. The number of anilines is 1. The lowest BCUT2D eigenvalue weighted by Crippen LogP contribution is -2.51. The van der Waals surface area contributed by atoms with Crippen molar-refractivity contribution in [2.45, 2.75) is 76.9 Å². The predicted molar refractivity (Wildman–Crippen MR) is 154 cm³/mol. The Morgan fingerprint density at radius 3 is 2.33 bits per heavy atom. The van der Waals surface area contributed by atoms with E-state index in [1.807, 2.05) is 6.92 Å². The van der Waals surface area contributed by atoms with Crippen LogP contribution in [0.1, 0.15) is 63.9 Å². The molecule has 39 heavy (non-hydrogen) atoms. The van der Waals surface area contributed by atoms with E-state index in [1.165, 1.54) is 29.2 Å². The van der Waals surface area contributed by atoms with E-state index in [9.17, 15) is 22.4 Å². The summed E-state index contributed by atoms with van der Waals surface area (Å²) in [6.07, 6.45) is 6.81. The third-order valence-electron chi connectivity index (χ3n) is 6.96. The Kier molecular flexibility index (Phi) is 11.4. The number of carbonyl (C=O) groups excluding carboxylic acids is 2. The van der Waals surface area contributed by atoms with E-state index in [4.69, 9.17) is 23.2 Å². The highest BCUT2D eigenvalue weighted by atomic mass is 35.5. The van der Waals surface area contributed by atoms with Gasteiger partial charge in [0.05, 0.1) is 11.9 Å². The minimum Gasteiger partial charge on any atom is -0.352 e. The van der Waals surface area contributed by atoms with E-state index in [0.717, 1.165) is 42.7 Å². The number of hydrogen-bond acceptors (Lipinski definition) is 4. The van der Waals surface area contributed by atoms with Gasteiger partial charge in [0.15, 0.2) is 0 Å². The van der Waals surface area contributed by atoms with Crippen LogP contribution in [0, 0.1) is 5.82 Å². The van der Waals surface area contributed by atoms with E-state index < -0.39 is 21.9 Å². The van der Waals surface area contributed by atoms with Crippen LogP contribution in [-0.2, 0) is 26.2 Å². The van der Waals surface area contributed by atoms with Crippen molar-refractivity contribution < 1.29 is 22.4 Å². The summed E-state index contributed by atoms with van der Waals surface area (Å²) < 4.78 is 39.4. The Morgan fingerprint density at radius 2 is 1.74 bits per heavy atom. The maximum absolute atomic E-state index is 13.6. The van der Waals surface area contributed by atoms with Crippen LogP contribution in [0.3, 0.4) is 0 Å². The minimum atomic E-state index is -3.67. The van der Waals surface area contributed by atoms with Crippen LogP contribution in [0.2, 0.25) is 10.0 Å². The van der Waals surface area contributed by atoms with Crippen LogP contribution in [0.25, 0.3) is 0 Å². The van der Waals surface area contributed by atoms with Crippen LogP contribution in [0.15, 0.2) is 42.5 Å². The molecule has 0 aromatic heterocycles. The molecule has 1 aliphatic carbocycles. The van der Waals surface area contributed by atoms with Gasteiger partial charge in [-0.25, -0.2) is 12.8 Å². The van der Waals surface area contributed by atoms with Crippen LogP contribution in [0.4, 0.5) is 10.1 Å². The Morgan fingerprint density at radius 1 is 1.08 bits per heavy atom. The lowest BCUT2D eigenvalue weighted by molar-refractivity contribution is -0.141. The standard InChI is InChI=1S/C28H36Cl2FN3O4S/c1-3-26(28(36)32-23-8-5-4-6-9-23)33(19-20-11-12-21(29)18-25(20)30)27(35)10-7-17-34(39(2,37)38)24-15-13-22(31)14-16-24/h11-16,18,23,26H,3-10,17,19H2,1-2H3,(H,32,36)/t26-/m1/s1. The topological polar surface area (TPSA) is 86.8 Å². The zero-order chi connectivity index (χ0) is 28.6. The zero-order valence-electron chi connectivity index (χ0n) is 22.3. The molecule has 2 amide bonds. The molecule has 0 radical (unpaired) electrons. The van der Waals surface area contributed by atoms with Gasteiger partial charge < -0.3 is 10.2 Å². The van der Waals surface area contributed by atoms with E-state index in [2.05, 4.69) is 5.32 Å².